The molecule has 5 heteroatoms. The molecule has 1 unspecified atom stereocenters. The molecule has 0 spiro atoms. The van der Waals surface area contributed by atoms with E-state index in [-0.39, 0.29) is 6.04 Å². The van der Waals surface area contributed by atoms with Crippen LogP contribution in [0, 0.1) is 6.92 Å². The van der Waals surface area contributed by atoms with Gasteiger partial charge in [0.2, 0.25) is 0 Å². The van der Waals surface area contributed by atoms with Gasteiger partial charge in [0.05, 0.1) is 24.4 Å². The van der Waals surface area contributed by atoms with Crippen molar-refractivity contribution in [2.45, 2.75) is 19.9 Å². The molecule has 0 aliphatic carbocycles. The van der Waals surface area contributed by atoms with Gasteiger partial charge in [-0.2, -0.15) is 0 Å². The lowest BCUT2D eigenvalue weighted by atomic mass is 10.0. The zero-order valence-corrected chi connectivity index (χ0v) is 13.2. The summed E-state index contributed by atoms with van der Waals surface area (Å²) >= 11 is 12.6. The zero-order valence-electron chi connectivity index (χ0n) is 11.7. The molecule has 2 rings (SSSR count). The second-order valence-electron chi connectivity index (χ2n) is 4.47. The third-order valence-electron chi connectivity index (χ3n) is 3.15. The minimum Gasteiger partial charge on any atom is -0.495 e. The van der Waals surface area contributed by atoms with E-state index < -0.39 is 0 Å². The van der Waals surface area contributed by atoms with Crippen molar-refractivity contribution in [2.75, 3.05) is 13.7 Å². The smallest absolute Gasteiger partial charge is 0.138 e. The van der Waals surface area contributed by atoms with E-state index in [2.05, 4.69) is 5.32 Å². The number of benzene rings is 1. The Bertz CT molecular complexity index is 596. The lowest BCUT2D eigenvalue weighted by molar-refractivity contribution is 0.414. The van der Waals surface area contributed by atoms with E-state index in [0.29, 0.717) is 15.8 Å². The van der Waals surface area contributed by atoms with E-state index in [9.17, 15) is 0 Å². The molecular formula is C15H17Cl2NO2. The van der Waals surface area contributed by atoms with Crippen LogP contribution in [-0.4, -0.2) is 13.7 Å². The molecule has 3 nitrogen and oxygen atoms in total. The van der Waals surface area contributed by atoms with Crippen molar-refractivity contribution in [2.24, 2.45) is 0 Å². The number of methoxy groups -OCH3 is 1. The van der Waals surface area contributed by atoms with Gasteiger partial charge in [0.15, 0.2) is 0 Å². The molecule has 1 N–H and O–H groups in total. The Morgan fingerprint density at radius 1 is 1.30 bits per heavy atom. The highest BCUT2D eigenvalue weighted by atomic mass is 35.5. The van der Waals surface area contributed by atoms with Gasteiger partial charge in [-0.25, -0.2) is 0 Å². The molecule has 0 aliphatic rings. The molecule has 1 aromatic carbocycles. The lowest BCUT2D eigenvalue weighted by Gasteiger charge is -2.19. The van der Waals surface area contributed by atoms with E-state index in [1.165, 1.54) is 0 Å². The van der Waals surface area contributed by atoms with Crippen molar-refractivity contribution in [3.8, 4) is 5.75 Å². The molecule has 2 aromatic rings. The number of aryl methyl sites for hydroxylation is 1. The molecule has 0 amide bonds. The molecule has 20 heavy (non-hydrogen) atoms. The maximum atomic E-state index is 6.36. The Hall–Kier alpha value is -1.16. The Morgan fingerprint density at radius 3 is 2.60 bits per heavy atom. The summed E-state index contributed by atoms with van der Waals surface area (Å²) in [5, 5.41) is 4.49. The first-order chi connectivity index (χ1) is 9.58. The van der Waals surface area contributed by atoms with Crippen LogP contribution in [0.2, 0.25) is 10.0 Å². The molecule has 108 valence electrons. The van der Waals surface area contributed by atoms with Gasteiger partial charge in [0, 0.05) is 11.1 Å². The highest BCUT2D eigenvalue weighted by Crippen LogP contribution is 2.37. The van der Waals surface area contributed by atoms with Crippen LogP contribution in [0.1, 0.15) is 29.9 Å². The predicted molar refractivity (Wildman–Crippen MR) is 82.0 cm³/mol. The average molecular weight is 314 g/mol. The molecule has 1 aromatic heterocycles. The maximum absolute atomic E-state index is 6.36. The largest absolute Gasteiger partial charge is 0.495 e. The van der Waals surface area contributed by atoms with Gasteiger partial charge in [-0.15, -0.1) is 0 Å². The number of furan rings is 1. The molecule has 0 fully saturated rings. The monoisotopic (exact) mass is 313 g/mol. The maximum Gasteiger partial charge on any atom is 0.138 e. The fraction of sp³-hybridized carbons (Fsp3) is 0.333. The van der Waals surface area contributed by atoms with Gasteiger partial charge in [-0.05, 0) is 36.7 Å². The first kappa shape index (κ1) is 15.2. The molecule has 1 heterocycles. The number of halogens is 2. The normalized spacial score (nSPS) is 12.4. The highest BCUT2D eigenvalue weighted by molar-refractivity contribution is 6.34. The third-order valence-corrected chi connectivity index (χ3v) is 3.78. The van der Waals surface area contributed by atoms with Crippen LogP contribution in [0.15, 0.2) is 28.9 Å². The van der Waals surface area contributed by atoms with Crippen molar-refractivity contribution in [1.82, 2.24) is 5.32 Å². The number of ether oxygens (including phenoxy) is 1. The minimum absolute atomic E-state index is 0.133. The summed E-state index contributed by atoms with van der Waals surface area (Å²) in [5.74, 6) is 1.40. The van der Waals surface area contributed by atoms with E-state index >= 15 is 0 Å². The number of rotatable bonds is 5. The van der Waals surface area contributed by atoms with Crippen molar-refractivity contribution in [3.63, 3.8) is 0 Å². The highest BCUT2D eigenvalue weighted by Gasteiger charge is 2.22. The van der Waals surface area contributed by atoms with E-state index in [1.807, 2.05) is 26.0 Å². The topological polar surface area (TPSA) is 34.4 Å². The summed E-state index contributed by atoms with van der Waals surface area (Å²) in [4.78, 5) is 0. The Morgan fingerprint density at radius 2 is 2.05 bits per heavy atom. The quantitative estimate of drug-likeness (QED) is 0.875. The first-order valence-corrected chi connectivity index (χ1v) is 7.14. The van der Waals surface area contributed by atoms with Crippen LogP contribution < -0.4 is 10.1 Å². The summed E-state index contributed by atoms with van der Waals surface area (Å²) in [7, 11) is 1.57. The Balaban J connectivity index is 2.50. The average Bonchev–Trinajstić information content (AvgIpc) is 2.84. The molecule has 0 bridgehead atoms. The molecule has 0 aliphatic heterocycles. The van der Waals surface area contributed by atoms with E-state index in [0.717, 1.165) is 23.4 Å². The molecule has 0 saturated carbocycles. The SMILES string of the molecule is CCNC(c1cc(Cl)c(OC)cc1Cl)c1occc1C. The van der Waals surface area contributed by atoms with Gasteiger partial charge in [0.1, 0.15) is 11.5 Å². The standard InChI is InChI=1S/C15H17Cl2NO2/c1-4-18-14(15-9(2)5-6-20-15)10-7-12(17)13(19-3)8-11(10)16/h5-8,14,18H,4H2,1-3H3. The summed E-state index contributed by atoms with van der Waals surface area (Å²) in [5.41, 5.74) is 1.94. The number of hydrogen-bond acceptors (Lipinski definition) is 3. The molecule has 0 saturated heterocycles. The van der Waals surface area contributed by atoms with Crippen molar-refractivity contribution < 1.29 is 9.15 Å². The molecule has 1 atom stereocenters. The van der Waals surface area contributed by atoms with Gasteiger partial charge in [0.25, 0.3) is 0 Å². The van der Waals surface area contributed by atoms with Crippen molar-refractivity contribution >= 4 is 23.2 Å². The summed E-state index contributed by atoms with van der Waals surface area (Å²) in [6.07, 6.45) is 1.67. The van der Waals surface area contributed by atoms with E-state index in [4.69, 9.17) is 32.4 Å². The van der Waals surface area contributed by atoms with Crippen LogP contribution in [-0.2, 0) is 0 Å². The second-order valence-corrected chi connectivity index (χ2v) is 5.28. The van der Waals surface area contributed by atoms with Crippen LogP contribution in [0.4, 0.5) is 0 Å². The van der Waals surface area contributed by atoms with Crippen LogP contribution in [0.25, 0.3) is 0 Å². The van der Waals surface area contributed by atoms with Crippen LogP contribution in [0.5, 0.6) is 5.75 Å². The Kier molecular flexibility index (Phi) is 4.97. The van der Waals surface area contributed by atoms with Gasteiger partial charge < -0.3 is 14.5 Å². The zero-order chi connectivity index (χ0) is 14.7. The van der Waals surface area contributed by atoms with Gasteiger partial charge in [-0.3, -0.25) is 0 Å². The predicted octanol–water partition coefficient (Wildman–Crippen LogP) is 4.60. The molecular weight excluding hydrogens is 297 g/mol. The summed E-state index contributed by atoms with van der Waals surface area (Å²) < 4.78 is 10.8. The lowest BCUT2D eigenvalue weighted by Crippen LogP contribution is -2.22. The molecule has 0 radical (unpaired) electrons. The van der Waals surface area contributed by atoms with Crippen molar-refractivity contribution in [1.29, 1.82) is 0 Å². The van der Waals surface area contributed by atoms with E-state index in [1.54, 1.807) is 19.4 Å². The van der Waals surface area contributed by atoms with Crippen LogP contribution in [0.3, 0.4) is 0 Å². The fourth-order valence-electron chi connectivity index (χ4n) is 2.15. The fourth-order valence-corrected chi connectivity index (χ4v) is 2.66. The number of nitrogens with one attached hydrogen (secondary N) is 1. The van der Waals surface area contributed by atoms with Gasteiger partial charge >= 0.3 is 0 Å². The van der Waals surface area contributed by atoms with Crippen LogP contribution >= 0.6 is 23.2 Å². The first-order valence-electron chi connectivity index (χ1n) is 6.38. The second kappa shape index (κ2) is 6.53. The third kappa shape index (κ3) is 2.95. The summed E-state index contributed by atoms with van der Waals surface area (Å²) in [6.45, 7) is 4.82. The van der Waals surface area contributed by atoms with Gasteiger partial charge in [-0.1, -0.05) is 30.1 Å². The Labute approximate surface area is 128 Å². The summed E-state index contributed by atoms with van der Waals surface area (Å²) in [6, 6.07) is 5.34. The minimum atomic E-state index is -0.133. The van der Waals surface area contributed by atoms with Crippen molar-refractivity contribution in [3.05, 3.63) is 51.4 Å². The number of hydrogen-bond donors (Lipinski definition) is 1.